The molecule has 0 bridgehead atoms. The maximum atomic E-state index is 2.34. The minimum absolute atomic E-state index is 1.22. The summed E-state index contributed by atoms with van der Waals surface area (Å²) in [6, 6.07) is 0. The molecule has 0 aliphatic rings. The Morgan fingerprint density at radius 2 is 0.197 bits per heavy atom. The van der Waals surface area contributed by atoms with Crippen molar-refractivity contribution in [2.45, 2.75) is 426 Å². The van der Waals surface area contributed by atoms with Crippen molar-refractivity contribution >= 4 is 7.26 Å². The van der Waals surface area contributed by atoms with Gasteiger partial charge in [-0.25, -0.2) is 0 Å². The Balaban J connectivity index is 4.95. The molecule has 0 saturated heterocycles. The van der Waals surface area contributed by atoms with E-state index in [1.165, 1.54) is 347 Å². The van der Waals surface area contributed by atoms with Gasteiger partial charge in [0.1, 0.15) is 0 Å². The monoisotopic (exact) mass is 1020 g/mol. The van der Waals surface area contributed by atoms with E-state index in [9.17, 15) is 0 Å². The van der Waals surface area contributed by atoms with Gasteiger partial charge >= 0.3 is 314 Å². The van der Waals surface area contributed by atoms with Crippen molar-refractivity contribution in [2.75, 3.05) is 24.6 Å². The van der Waals surface area contributed by atoms with E-state index in [1.54, 1.807) is 76.0 Å². The Morgan fingerprint density at radius 1 is 0.113 bits per heavy atom. The molecule has 0 rings (SSSR count). The quantitative estimate of drug-likeness (QED) is 0.0421. The molecule has 0 nitrogen and oxygen atoms in total. The van der Waals surface area contributed by atoms with Gasteiger partial charge in [-0.1, -0.05) is 143 Å². The molecule has 0 N–H and O–H groups in total. The van der Waals surface area contributed by atoms with E-state index < -0.39 is 7.26 Å². The van der Waals surface area contributed by atoms with Crippen LogP contribution in [0.4, 0.5) is 0 Å². The van der Waals surface area contributed by atoms with Crippen molar-refractivity contribution in [3.8, 4) is 0 Å². The Kier molecular flexibility index (Phi) is 65.1. The van der Waals surface area contributed by atoms with Crippen LogP contribution in [0, 0.1) is 0 Å². The first-order valence-corrected chi connectivity index (χ1v) is 38.1. The van der Waals surface area contributed by atoms with Crippen LogP contribution >= 0.6 is 7.26 Å². The van der Waals surface area contributed by atoms with Crippen LogP contribution in [0.3, 0.4) is 0 Å². The smallest absolute Gasteiger partial charge is 0.0654 e. The molecule has 0 aromatic heterocycles. The maximum absolute atomic E-state index is 2.34. The van der Waals surface area contributed by atoms with Crippen LogP contribution < -0.4 is 0 Å². The molecule has 0 aromatic carbocycles. The van der Waals surface area contributed by atoms with E-state index in [4.69, 9.17) is 0 Å². The molecule has 71 heavy (non-hydrogen) atoms. The summed E-state index contributed by atoms with van der Waals surface area (Å²) in [7, 11) is -1.22. The van der Waals surface area contributed by atoms with Crippen LogP contribution in [0.5, 0.6) is 0 Å². The van der Waals surface area contributed by atoms with E-state index in [0.717, 1.165) is 0 Å². The summed E-state index contributed by atoms with van der Waals surface area (Å²) in [4.78, 5) is 0. The van der Waals surface area contributed by atoms with Gasteiger partial charge in [-0.05, 0) is 0 Å². The van der Waals surface area contributed by atoms with Gasteiger partial charge in [-0.2, -0.15) is 0 Å². The van der Waals surface area contributed by atoms with E-state index >= 15 is 0 Å². The summed E-state index contributed by atoms with van der Waals surface area (Å²) in [5.41, 5.74) is 0. The van der Waals surface area contributed by atoms with Crippen LogP contribution in [0.15, 0.2) is 0 Å². The minimum atomic E-state index is -1.22. The molecule has 0 heterocycles. The van der Waals surface area contributed by atoms with Gasteiger partial charge in [0, 0.05) is 0 Å². The standard InChI is InChI=1S/C70H145P/c1-5-9-13-17-21-25-29-33-37-40-44-48-52-56-60-64-68-71(67-63-59-55-51-47-43-36-32-28-24-20-16-12-8-4,69-65-61-57-53-49-45-41-38-34-30-26-22-18-14-10-6-2)70-66-62-58-54-50-46-42-39-35-31-27-23-19-15-11-7-3/h71H,5-70H2,1-4H3. The van der Waals surface area contributed by atoms with Crippen molar-refractivity contribution in [2.24, 2.45) is 0 Å². The third-order valence-corrected chi connectivity index (χ3v) is 23.4. The Labute approximate surface area is 455 Å². The fourth-order valence-corrected chi connectivity index (χ4v) is 18.1. The third kappa shape index (κ3) is 59.5. The predicted molar refractivity (Wildman–Crippen MR) is 337 cm³/mol. The Hall–Kier alpha value is 0.430. The molecule has 0 unspecified atom stereocenters. The molecule has 0 aromatic rings. The van der Waals surface area contributed by atoms with Crippen molar-refractivity contribution in [3.05, 3.63) is 0 Å². The first kappa shape index (κ1) is 71.4. The average molecular weight is 1020 g/mol. The van der Waals surface area contributed by atoms with E-state index in [-0.39, 0.29) is 0 Å². The van der Waals surface area contributed by atoms with E-state index in [1.807, 2.05) is 0 Å². The number of rotatable bonds is 66. The molecule has 0 saturated carbocycles. The number of hydrogen-bond acceptors (Lipinski definition) is 0. The predicted octanol–water partition coefficient (Wildman–Crippen LogP) is 27.0. The zero-order chi connectivity index (χ0) is 51.2. The summed E-state index contributed by atoms with van der Waals surface area (Å²) < 4.78 is 0. The van der Waals surface area contributed by atoms with Gasteiger partial charge in [0.2, 0.25) is 0 Å². The fourth-order valence-electron chi connectivity index (χ4n) is 12.6. The van der Waals surface area contributed by atoms with Crippen molar-refractivity contribution in [3.63, 3.8) is 0 Å². The normalized spacial score (nSPS) is 12.2. The van der Waals surface area contributed by atoms with Gasteiger partial charge in [0.15, 0.2) is 0 Å². The zero-order valence-electron chi connectivity index (χ0n) is 51.2. The van der Waals surface area contributed by atoms with Crippen LogP contribution in [-0.2, 0) is 0 Å². The molecule has 0 radical (unpaired) electrons. The van der Waals surface area contributed by atoms with Crippen molar-refractivity contribution < 1.29 is 0 Å². The molecule has 0 amide bonds. The molecule has 0 aliphatic carbocycles. The molecule has 1 heteroatoms. The molecule has 0 aliphatic heterocycles. The number of hydrogen-bond donors (Lipinski definition) is 0. The number of unbranched alkanes of at least 4 members (excludes halogenated alkanes) is 58. The van der Waals surface area contributed by atoms with Gasteiger partial charge < -0.3 is 0 Å². The fraction of sp³-hybridized carbons (Fsp3) is 1.00. The van der Waals surface area contributed by atoms with Crippen molar-refractivity contribution in [1.29, 1.82) is 0 Å². The van der Waals surface area contributed by atoms with Gasteiger partial charge in [-0.3, -0.25) is 0 Å². The first-order valence-electron chi connectivity index (χ1n) is 35.2. The summed E-state index contributed by atoms with van der Waals surface area (Å²) in [6.45, 7) is 9.34. The van der Waals surface area contributed by atoms with Crippen molar-refractivity contribution in [1.82, 2.24) is 0 Å². The summed E-state index contributed by atoms with van der Waals surface area (Å²) >= 11 is 0. The molecule has 430 valence electrons. The zero-order valence-corrected chi connectivity index (χ0v) is 52.2. The minimum Gasteiger partial charge on any atom is -0.0654 e. The Morgan fingerprint density at radius 3 is 0.296 bits per heavy atom. The summed E-state index contributed by atoms with van der Waals surface area (Å²) in [5, 5.41) is 0. The second-order valence-electron chi connectivity index (χ2n) is 25.0. The SMILES string of the molecule is CCCCCCCCCCCCCCCCCC[PH](CCCCCCCCCCCCCCCC)(CCCCCCCCCCCCCCCCCC)CCCCCCCCCCCCCCCCCC. The molecular weight excluding hydrogens is 872 g/mol. The molecule has 0 spiro atoms. The van der Waals surface area contributed by atoms with Crippen LogP contribution in [0.1, 0.15) is 426 Å². The topological polar surface area (TPSA) is 0 Å². The molecular formula is C70H145P. The molecule has 0 fully saturated rings. The van der Waals surface area contributed by atoms with Gasteiger partial charge in [0.25, 0.3) is 0 Å². The Bertz CT molecular complexity index is 806. The summed E-state index contributed by atoms with van der Waals surface area (Å²) in [5.74, 6) is 0. The van der Waals surface area contributed by atoms with Crippen LogP contribution in [-0.4, -0.2) is 24.6 Å². The first-order chi connectivity index (χ1) is 35.2. The second kappa shape index (κ2) is 64.7. The third-order valence-electron chi connectivity index (χ3n) is 17.7. The van der Waals surface area contributed by atoms with E-state index in [0.29, 0.717) is 0 Å². The second-order valence-corrected chi connectivity index (χ2v) is 30.0. The van der Waals surface area contributed by atoms with Crippen LogP contribution in [0.2, 0.25) is 0 Å². The average Bonchev–Trinajstić information content (AvgIpc) is 3.38. The van der Waals surface area contributed by atoms with E-state index in [2.05, 4.69) is 27.7 Å². The molecule has 0 atom stereocenters. The van der Waals surface area contributed by atoms with Crippen LogP contribution in [0.25, 0.3) is 0 Å². The van der Waals surface area contributed by atoms with Gasteiger partial charge in [0.05, 0.1) is 0 Å². The summed E-state index contributed by atoms with van der Waals surface area (Å²) in [6.07, 6.45) is 99.6. The van der Waals surface area contributed by atoms with Gasteiger partial charge in [-0.15, -0.1) is 0 Å².